The summed E-state index contributed by atoms with van der Waals surface area (Å²) >= 11 is 3.33. The van der Waals surface area contributed by atoms with Gasteiger partial charge in [0.05, 0.1) is 12.8 Å². The van der Waals surface area contributed by atoms with E-state index in [-0.39, 0.29) is 12.5 Å². The molecule has 0 unspecified atom stereocenters. The molecule has 0 aliphatic heterocycles. The van der Waals surface area contributed by atoms with E-state index in [2.05, 4.69) is 21.2 Å². The van der Waals surface area contributed by atoms with Crippen LogP contribution in [0.4, 0.5) is 0 Å². The summed E-state index contributed by atoms with van der Waals surface area (Å²) in [4.78, 5) is 11.5. The summed E-state index contributed by atoms with van der Waals surface area (Å²) in [5.41, 5.74) is 0. The molecule has 0 atom stereocenters. The van der Waals surface area contributed by atoms with Gasteiger partial charge < -0.3 is 14.5 Å². The van der Waals surface area contributed by atoms with Gasteiger partial charge in [0.15, 0.2) is 6.61 Å². The van der Waals surface area contributed by atoms with Crippen molar-refractivity contribution >= 4 is 21.8 Å². The number of furan rings is 1. The molecule has 1 heterocycles. The minimum absolute atomic E-state index is 0.0116. The van der Waals surface area contributed by atoms with Gasteiger partial charge in [-0.25, -0.2) is 0 Å². The van der Waals surface area contributed by atoms with Gasteiger partial charge >= 0.3 is 0 Å². The van der Waals surface area contributed by atoms with E-state index in [9.17, 15) is 4.79 Å². The highest BCUT2D eigenvalue weighted by molar-refractivity contribution is 9.10. The summed E-state index contributed by atoms with van der Waals surface area (Å²) in [5, 5.41) is 2.70. The molecule has 2 rings (SSSR count). The molecule has 1 amide bonds. The Morgan fingerprint density at radius 3 is 2.72 bits per heavy atom. The van der Waals surface area contributed by atoms with Crippen LogP contribution in [0.1, 0.15) is 5.76 Å². The third kappa shape index (κ3) is 3.92. The third-order valence-electron chi connectivity index (χ3n) is 2.22. The Morgan fingerprint density at radius 1 is 1.28 bits per heavy atom. The van der Waals surface area contributed by atoms with Crippen LogP contribution in [0.15, 0.2) is 51.6 Å². The van der Waals surface area contributed by atoms with E-state index in [0.29, 0.717) is 18.1 Å². The first kappa shape index (κ1) is 12.7. The number of rotatable bonds is 5. The fourth-order valence-electron chi connectivity index (χ4n) is 1.33. The van der Waals surface area contributed by atoms with E-state index in [1.807, 2.05) is 12.1 Å². The lowest BCUT2D eigenvalue weighted by Gasteiger charge is -2.06. The first-order valence-electron chi connectivity index (χ1n) is 5.41. The molecule has 0 saturated heterocycles. The predicted molar refractivity (Wildman–Crippen MR) is 70.2 cm³/mol. The fourth-order valence-corrected chi connectivity index (χ4v) is 1.59. The van der Waals surface area contributed by atoms with E-state index in [0.717, 1.165) is 4.47 Å². The molecule has 1 aromatic carbocycles. The van der Waals surface area contributed by atoms with Crippen molar-refractivity contribution in [1.29, 1.82) is 0 Å². The molecule has 18 heavy (non-hydrogen) atoms. The number of amides is 1. The monoisotopic (exact) mass is 309 g/mol. The second kappa shape index (κ2) is 6.26. The topological polar surface area (TPSA) is 51.5 Å². The number of hydrogen-bond acceptors (Lipinski definition) is 3. The zero-order valence-electron chi connectivity index (χ0n) is 9.56. The second-order valence-electron chi connectivity index (χ2n) is 3.60. The van der Waals surface area contributed by atoms with Crippen molar-refractivity contribution in [2.75, 3.05) is 6.61 Å². The highest BCUT2D eigenvalue weighted by atomic mass is 79.9. The van der Waals surface area contributed by atoms with Crippen LogP contribution in [0.5, 0.6) is 5.75 Å². The van der Waals surface area contributed by atoms with Crippen LogP contribution in [-0.4, -0.2) is 12.5 Å². The average molecular weight is 310 g/mol. The average Bonchev–Trinajstić information content (AvgIpc) is 2.89. The molecule has 94 valence electrons. The molecule has 1 aromatic heterocycles. The normalized spacial score (nSPS) is 10.1. The molecule has 0 saturated carbocycles. The second-order valence-corrected chi connectivity index (χ2v) is 4.51. The standard InChI is InChI=1S/C13H12BrNO3/c14-10-3-5-11(6-4-10)18-9-13(16)15-8-12-2-1-7-17-12/h1-7H,8-9H2,(H,15,16). The summed E-state index contributed by atoms with van der Waals surface area (Å²) in [6, 6.07) is 10.9. The van der Waals surface area contributed by atoms with Crippen LogP contribution in [0, 0.1) is 0 Å². The van der Waals surface area contributed by atoms with Crippen LogP contribution in [0.3, 0.4) is 0 Å². The Morgan fingerprint density at radius 2 is 2.06 bits per heavy atom. The third-order valence-corrected chi connectivity index (χ3v) is 2.75. The van der Waals surface area contributed by atoms with E-state index >= 15 is 0 Å². The predicted octanol–water partition coefficient (Wildman–Crippen LogP) is 2.74. The fraction of sp³-hybridized carbons (Fsp3) is 0.154. The molecule has 2 aromatic rings. The zero-order valence-corrected chi connectivity index (χ0v) is 11.1. The highest BCUT2D eigenvalue weighted by Gasteiger charge is 2.03. The lowest BCUT2D eigenvalue weighted by molar-refractivity contribution is -0.123. The number of halogens is 1. The van der Waals surface area contributed by atoms with Crippen LogP contribution < -0.4 is 10.1 Å². The molecule has 0 aliphatic rings. The van der Waals surface area contributed by atoms with Crippen LogP contribution >= 0.6 is 15.9 Å². The quantitative estimate of drug-likeness (QED) is 0.924. The Labute approximate surface area is 113 Å². The van der Waals surface area contributed by atoms with Crippen molar-refractivity contribution in [3.63, 3.8) is 0 Å². The number of ether oxygens (including phenoxy) is 1. The van der Waals surface area contributed by atoms with Crippen molar-refractivity contribution in [1.82, 2.24) is 5.32 Å². The van der Waals surface area contributed by atoms with Gasteiger partial charge in [-0.1, -0.05) is 15.9 Å². The number of hydrogen-bond donors (Lipinski definition) is 1. The van der Waals surface area contributed by atoms with Gasteiger partial charge in [0, 0.05) is 4.47 Å². The minimum Gasteiger partial charge on any atom is -0.484 e. The van der Waals surface area contributed by atoms with E-state index in [1.165, 1.54) is 0 Å². The van der Waals surface area contributed by atoms with Crippen molar-refractivity contribution in [2.24, 2.45) is 0 Å². The zero-order chi connectivity index (χ0) is 12.8. The molecule has 0 aliphatic carbocycles. The van der Waals surface area contributed by atoms with Gasteiger partial charge in [0.1, 0.15) is 11.5 Å². The van der Waals surface area contributed by atoms with Gasteiger partial charge in [-0.15, -0.1) is 0 Å². The van der Waals surface area contributed by atoms with Crippen molar-refractivity contribution < 1.29 is 13.9 Å². The first-order chi connectivity index (χ1) is 8.74. The molecule has 5 heteroatoms. The maximum Gasteiger partial charge on any atom is 0.258 e. The maximum absolute atomic E-state index is 11.5. The molecule has 1 N–H and O–H groups in total. The largest absolute Gasteiger partial charge is 0.484 e. The molecule has 0 bridgehead atoms. The summed E-state index contributed by atoms with van der Waals surface area (Å²) < 4.78 is 11.4. The van der Waals surface area contributed by atoms with E-state index in [1.54, 1.807) is 30.5 Å². The molecule has 0 fully saturated rings. The number of benzene rings is 1. The van der Waals surface area contributed by atoms with Gasteiger partial charge in [-0.3, -0.25) is 4.79 Å². The van der Waals surface area contributed by atoms with Crippen molar-refractivity contribution in [3.8, 4) is 5.75 Å². The Kier molecular flexibility index (Phi) is 4.41. The molecule has 0 spiro atoms. The van der Waals surface area contributed by atoms with Crippen LogP contribution in [-0.2, 0) is 11.3 Å². The van der Waals surface area contributed by atoms with E-state index < -0.39 is 0 Å². The summed E-state index contributed by atoms with van der Waals surface area (Å²) in [6.07, 6.45) is 1.57. The number of carbonyl (C=O) groups is 1. The Hall–Kier alpha value is -1.75. The first-order valence-corrected chi connectivity index (χ1v) is 6.21. The summed E-state index contributed by atoms with van der Waals surface area (Å²) in [5.74, 6) is 1.19. The number of nitrogens with one attached hydrogen (secondary N) is 1. The summed E-state index contributed by atoms with van der Waals surface area (Å²) in [7, 11) is 0. The Balaban J connectivity index is 1.73. The smallest absolute Gasteiger partial charge is 0.258 e. The molecule has 4 nitrogen and oxygen atoms in total. The maximum atomic E-state index is 11.5. The lowest BCUT2D eigenvalue weighted by atomic mass is 10.3. The van der Waals surface area contributed by atoms with Crippen molar-refractivity contribution in [2.45, 2.75) is 6.54 Å². The SMILES string of the molecule is O=C(COc1ccc(Br)cc1)NCc1ccco1. The Bertz CT molecular complexity index is 493. The van der Waals surface area contributed by atoms with Gasteiger partial charge in [-0.2, -0.15) is 0 Å². The molecule has 0 radical (unpaired) electrons. The van der Waals surface area contributed by atoms with Gasteiger partial charge in [-0.05, 0) is 36.4 Å². The van der Waals surface area contributed by atoms with Gasteiger partial charge in [0.25, 0.3) is 5.91 Å². The van der Waals surface area contributed by atoms with E-state index in [4.69, 9.17) is 9.15 Å². The van der Waals surface area contributed by atoms with Crippen LogP contribution in [0.25, 0.3) is 0 Å². The van der Waals surface area contributed by atoms with Crippen LogP contribution in [0.2, 0.25) is 0 Å². The summed E-state index contributed by atoms with van der Waals surface area (Å²) in [6.45, 7) is 0.359. The molecular formula is C13H12BrNO3. The lowest BCUT2D eigenvalue weighted by Crippen LogP contribution is -2.28. The van der Waals surface area contributed by atoms with Gasteiger partial charge in [0.2, 0.25) is 0 Å². The highest BCUT2D eigenvalue weighted by Crippen LogP contribution is 2.15. The van der Waals surface area contributed by atoms with Crippen molar-refractivity contribution in [3.05, 3.63) is 52.9 Å². The minimum atomic E-state index is -0.186. The molecular weight excluding hydrogens is 298 g/mol. The number of carbonyl (C=O) groups excluding carboxylic acids is 1.